The average Bonchev–Trinajstić information content (AvgIpc) is 2.33. The van der Waals surface area contributed by atoms with Gasteiger partial charge in [-0.05, 0) is 37.6 Å². The lowest BCUT2D eigenvalue weighted by atomic mass is 10.1. The van der Waals surface area contributed by atoms with E-state index in [0.29, 0.717) is 13.0 Å². The summed E-state index contributed by atoms with van der Waals surface area (Å²) in [5.74, 6) is 0. The van der Waals surface area contributed by atoms with Crippen LogP contribution in [-0.4, -0.2) is 30.9 Å². The van der Waals surface area contributed by atoms with Gasteiger partial charge in [-0.25, -0.2) is 0 Å². The van der Waals surface area contributed by atoms with E-state index < -0.39 is 12.8 Å². The summed E-state index contributed by atoms with van der Waals surface area (Å²) in [4.78, 5) is 3.92. The van der Waals surface area contributed by atoms with Crippen molar-refractivity contribution >= 4 is 0 Å². The number of hydrogen-bond acceptors (Lipinski definition) is 3. The lowest BCUT2D eigenvalue weighted by Crippen LogP contribution is -2.22. The van der Waals surface area contributed by atoms with Gasteiger partial charge in [0.15, 0.2) is 0 Å². The molecule has 1 rings (SSSR count). The molecule has 1 aromatic rings. The van der Waals surface area contributed by atoms with Crippen molar-refractivity contribution in [2.75, 3.05) is 19.8 Å². The van der Waals surface area contributed by atoms with Gasteiger partial charge >= 0.3 is 6.18 Å². The third kappa shape index (κ3) is 6.56. The molecule has 18 heavy (non-hydrogen) atoms. The first-order valence-corrected chi connectivity index (χ1v) is 5.77. The summed E-state index contributed by atoms with van der Waals surface area (Å²) in [7, 11) is 0. The summed E-state index contributed by atoms with van der Waals surface area (Å²) in [6, 6.07) is 3.95. The number of alkyl halides is 3. The van der Waals surface area contributed by atoms with E-state index in [1.165, 1.54) is 0 Å². The molecule has 0 aromatic carbocycles. The molecule has 102 valence electrons. The lowest BCUT2D eigenvalue weighted by Gasteiger charge is -2.14. The predicted molar refractivity (Wildman–Crippen MR) is 62.1 cm³/mol. The van der Waals surface area contributed by atoms with Crippen LogP contribution in [0.15, 0.2) is 24.5 Å². The Hall–Kier alpha value is -1.14. The molecule has 0 saturated carbocycles. The maximum atomic E-state index is 11.8. The van der Waals surface area contributed by atoms with Gasteiger partial charge in [-0.3, -0.25) is 4.98 Å². The molecular formula is C12H17F3N2O. The van der Waals surface area contributed by atoms with Gasteiger partial charge in [0.2, 0.25) is 0 Å². The number of pyridine rings is 1. The highest BCUT2D eigenvalue weighted by Crippen LogP contribution is 2.14. The summed E-state index contributed by atoms with van der Waals surface area (Å²) < 4.78 is 39.8. The van der Waals surface area contributed by atoms with E-state index in [4.69, 9.17) is 0 Å². The monoisotopic (exact) mass is 262 g/mol. The Morgan fingerprint density at radius 1 is 1.33 bits per heavy atom. The van der Waals surface area contributed by atoms with E-state index in [1.54, 1.807) is 12.4 Å². The van der Waals surface area contributed by atoms with Crippen molar-refractivity contribution in [2.24, 2.45) is 0 Å². The largest absolute Gasteiger partial charge is 0.411 e. The molecule has 0 aliphatic carbocycles. The van der Waals surface area contributed by atoms with E-state index in [0.717, 1.165) is 5.56 Å². The Bertz CT molecular complexity index is 330. The zero-order valence-corrected chi connectivity index (χ0v) is 10.2. The number of ether oxygens (including phenoxy) is 1. The first-order valence-electron chi connectivity index (χ1n) is 5.77. The van der Waals surface area contributed by atoms with Crippen molar-refractivity contribution < 1.29 is 17.9 Å². The fourth-order valence-electron chi connectivity index (χ4n) is 1.45. The van der Waals surface area contributed by atoms with Crippen LogP contribution in [0, 0.1) is 0 Å². The van der Waals surface area contributed by atoms with Gasteiger partial charge in [0, 0.05) is 25.0 Å². The molecule has 6 heteroatoms. The fraction of sp³-hybridized carbons (Fsp3) is 0.583. The number of hydrogen-bond donors (Lipinski definition) is 1. The molecule has 0 spiro atoms. The van der Waals surface area contributed by atoms with E-state index in [2.05, 4.69) is 15.0 Å². The van der Waals surface area contributed by atoms with Crippen LogP contribution in [0.5, 0.6) is 0 Å². The Balaban J connectivity index is 2.08. The summed E-state index contributed by atoms with van der Waals surface area (Å²) in [5, 5.41) is 3.21. The quantitative estimate of drug-likeness (QED) is 0.767. The topological polar surface area (TPSA) is 34.1 Å². The minimum atomic E-state index is -4.24. The lowest BCUT2D eigenvalue weighted by molar-refractivity contribution is -0.173. The first kappa shape index (κ1) is 14.9. The zero-order chi connectivity index (χ0) is 13.4. The third-order valence-electron chi connectivity index (χ3n) is 2.39. The molecule has 0 amide bonds. The average molecular weight is 262 g/mol. The number of aromatic nitrogens is 1. The fourth-order valence-corrected chi connectivity index (χ4v) is 1.45. The zero-order valence-electron chi connectivity index (χ0n) is 10.2. The second-order valence-electron chi connectivity index (χ2n) is 3.98. The van der Waals surface area contributed by atoms with E-state index in [-0.39, 0.29) is 12.6 Å². The van der Waals surface area contributed by atoms with Gasteiger partial charge in [-0.2, -0.15) is 13.2 Å². The number of nitrogens with zero attached hydrogens (tertiary/aromatic N) is 1. The van der Waals surface area contributed by atoms with Crippen molar-refractivity contribution in [3.05, 3.63) is 30.1 Å². The van der Waals surface area contributed by atoms with Crippen LogP contribution in [0.3, 0.4) is 0 Å². The van der Waals surface area contributed by atoms with Crippen molar-refractivity contribution in [3.8, 4) is 0 Å². The maximum Gasteiger partial charge on any atom is 0.411 e. The molecule has 0 bridgehead atoms. The van der Waals surface area contributed by atoms with Crippen LogP contribution in [0.25, 0.3) is 0 Å². The number of halogens is 3. The van der Waals surface area contributed by atoms with Gasteiger partial charge in [0.25, 0.3) is 0 Å². The van der Waals surface area contributed by atoms with Gasteiger partial charge in [0.05, 0.1) is 0 Å². The second-order valence-corrected chi connectivity index (χ2v) is 3.98. The predicted octanol–water partition coefficient (Wildman–Crippen LogP) is 2.70. The smallest absolute Gasteiger partial charge is 0.372 e. The van der Waals surface area contributed by atoms with Gasteiger partial charge in [0.1, 0.15) is 6.61 Å². The standard InChI is InChI=1S/C12H17F3N2O/c1-10(11-3-6-16-7-4-11)17-5-2-8-18-9-12(13,14)15/h3-4,6-7,10,17H,2,5,8-9H2,1H3/t10-/m1/s1. The van der Waals surface area contributed by atoms with Crippen LogP contribution in [0.4, 0.5) is 13.2 Å². The normalized spacial score (nSPS) is 13.6. The van der Waals surface area contributed by atoms with Crippen molar-refractivity contribution in [1.82, 2.24) is 10.3 Å². The summed E-state index contributed by atoms with van der Waals surface area (Å²) in [5.41, 5.74) is 1.10. The van der Waals surface area contributed by atoms with Crippen molar-refractivity contribution in [3.63, 3.8) is 0 Å². The minimum Gasteiger partial charge on any atom is -0.372 e. The molecule has 3 nitrogen and oxygen atoms in total. The molecule has 1 aromatic heterocycles. The van der Waals surface area contributed by atoms with Crippen LogP contribution in [-0.2, 0) is 4.74 Å². The van der Waals surface area contributed by atoms with E-state index in [9.17, 15) is 13.2 Å². The molecule has 1 atom stereocenters. The Labute approximate surface area is 104 Å². The number of rotatable bonds is 7. The molecule has 0 aliphatic rings. The van der Waals surface area contributed by atoms with Gasteiger partial charge in [-0.15, -0.1) is 0 Å². The Morgan fingerprint density at radius 2 is 2.00 bits per heavy atom. The van der Waals surface area contributed by atoms with Crippen LogP contribution >= 0.6 is 0 Å². The van der Waals surface area contributed by atoms with E-state index >= 15 is 0 Å². The SMILES string of the molecule is C[C@@H](NCCCOCC(F)(F)F)c1ccncc1. The summed E-state index contributed by atoms with van der Waals surface area (Å²) in [6.45, 7) is 1.54. The van der Waals surface area contributed by atoms with E-state index in [1.807, 2.05) is 19.1 Å². The molecule has 0 fully saturated rings. The van der Waals surface area contributed by atoms with Crippen molar-refractivity contribution in [1.29, 1.82) is 0 Å². The molecule has 0 aliphatic heterocycles. The highest BCUT2D eigenvalue weighted by Gasteiger charge is 2.27. The van der Waals surface area contributed by atoms with Crippen molar-refractivity contribution in [2.45, 2.75) is 25.6 Å². The molecule has 0 unspecified atom stereocenters. The van der Waals surface area contributed by atoms with Gasteiger partial charge < -0.3 is 10.1 Å². The highest BCUT2D eigenvalue weighted by atomic mass is 19.4. The highest BCUT2D eigenvalue weighted by molar-refractivity contribution is 5.13. The van der Waals surface area contributed by atoms with Crippen LogP contribution < -0.4 is 5.32 Å². The minimum absolute atomic E-state index is 0.107. The summed E-state index contributed by atoms with van der Waals surface area (Å²) >= 11 is 0. The second kappa shape index (κ2) is 7.33. The summed E-state index contributed by atoms with van der Waals surface area (Å²) in [6.07, 6.45) is -0.275. The molecular weight excluding hydrogens is 245 g/mol. The Kier molecular flexibility index (Phi) is 6.07. The van der Waals surface area contributed by atoms with Gasteiger partial charge in [-0.1, -0.05) is 0 Å². The third-order valence-corrected chi connectivity index (χ3v) is 2.39. The molecule has 1 heterocycles. The van der Waals surface area contributed by atoms with Crippen LogP contribution in [0.1, 0.15) is 24.9 Å². The molecule has 0 radical (unpaired) electrons. The molecule has 0 saturated heterocycles. The number of nitrogens with one attached hydrogen (secondary N) is 1. The first-order chi connectivity index (χ1) is 8.49. The maximum absolute atomic E-state index is 11.8. The van der Waals surface area contributed by atoms with Crippen LogP contribution in [0.2, 0.25) is 0 Å². The molecule has 1 N–H and O–H groups in total. The Morgan fingerprint density at radius 3 is 2.61 bits per heavy atom.